The zero-order valence-electron chi connectivity index (χ0n) is 18.6. The molecule has 174 valence electrons. The Hall–Kier alpha value is -3.47. The summed E-state index contributed by atoms with van der Waals surface area (Å²) in [6, 6.07) is 2.98. The lowest BCUT2D eigenvalue weighted by molar-refractivity contribution is 0.0952. The van der Waals surface area contributed by atoms with Crippen molar-refractivity contribution in [3.05, 3.63) is 46.3 Å². The molecule has 0 spiro atoms. The highest BCUT2D eigenvalue weighted by Crippen LogP contribution is 2.25. The van der Waals surface area contributed by atoms with Crippen LogP contribution in [0.15, 0.2) is 29.3 Å². The van der Waals surface area contributed by atoms with E-state index in [1.54, 1.807) is 13.1 Å². The molecule has 33 heavy (non-hydrogen) atoms. The van der Waals surface area contributed by atoms with Crippen LogP contribution in [0.1, 0.15) is 42.1 Å². The second-order valence-corrected chi connectivity index (χ2v) is 8.76. The maximum absolute atomic E-state index is 14.5. The van der Waals surface area contributed by atoms with Crippen LogP contribution in [0.4, 0.5) is 21.7 Å². The van der Waals surface area contributed by atoms with Crippen molar-refractivity contribution in [3.63, 3.8) is 0 Å². The standard InChI is InChI=1S/C22H27FN8O2/c1-24-19-10-18(28-20-16(11-25-31(19)20)21(32)26-14-3-4-14)27-17-9-13(23)12-30(22(17)33)15-5-7-29(2)8-6-15/h9-12,14-15,24H,3-8H2,1-2H3,(H,26,32)(H,27,28). The summed E-state index contributed by atoms with van der Waals surface area (Å²) in [5.41, 5.74) is 0.467. The Kier molecular flexibility index (Phi) is 5.49. The second-order valence-electron chi connectivity index (χ2n) is 8.76. The van der Waals surface area contributed by atoms with Crippen LogP contribution in [0, 0.1) is 5.82 Å². The maximum Gasteiger partial charge on any atom is 0.274 e. The molecule has 0 bridgehead atoms. The van der Waals surface area contributed by atoms with Gasteiger partial charge < -0.3 is 25.4 Å². The first kappa shape index (κ1) is 21.4. The number of nitrogens with zero attached hydrogens (tertiary/aromatic N) is 5. The van der Waals surface area contributed by atoms with Crippen molar-refractivity contribution in [1.29, 1.82) is 0 Å². The predicted octanol–water partition coefficient (Wildman–Crippen LogP) is 1.97. The fraction of sp³-hybridized carbons (Fsp3) is 0.455. The van der Waals surface area contributed by atoms with Crippen molar-refractivity contribution in [2.75, 3.05) is 37.8 Å². The van der Waals surface area contributed by atoms with Gasteiger partial charge in [0.25, 0.3) is 11.5 Å². The third kappa shape index (κ3) is 4.28. The van der Waals surface area contributed by atoms with E-state index in [1.165, 1.54) is 27.5 Å². The van der Waals surface area contributed by atoms with Gasteiger partial charge in [0.1, 0.15) is 28.7 Å². The van der Waals surface area contributed by atoms with Crippen molar-refractivity contribution < 1.29 is 9.18 Å². The molecule has 3 aromatic rings. The van der Waals surface area contributed by atoms with Gasteiger partial charge in [0, 0.05) is 37.5 Å². The molecule has 1 saturated heterocycles. The van der Waals surface area contributed by atoms with Gasteiger partial charge in [0.2, 0.25) is 0 Å². The Labute approximate surface area is 189 Å². The molecule has 0 unspecified atom stereocenters. The smallest absolute Gasteiger partial charge is 0.274 e. The Morgan fingerprint density at radius 2 is 1.94 bits per heavy atom. The van der Waals surface area contributed by atoms with E-state index in [0.29, 0.717) is 22.8 Å². The van der Waals surface area contributed by atoms with Gasteiger partial charge in [0.15, 0.2) is 5.65 Å². The Bertz CT molecular complexity index is 1260. The number of piperidine rings is 1. The molecule has 1 aliphatic carbocycles. The number of likely N-dealkylation sites (tertiary alicyclic amines) is 1. The zero-order valence-corrected chi connectivity index (χ0v) is 18.6. The van der Waals surface area contributed by atoms with E-state index in [1.807, 2.05) is 7.05 Å². The number of amides is 1. The predicted molar refractivity (Wildman–Crippen MR) is 123 cm³/mol. The topological polar surface area (TPSA) is 109 Å². The number of aromatic nitrogens is 4. The van der Waals surface area contributed by atoms with Crippen LogP contribution in [-0.2, 0) is 0 Å². The summed E-state index contributed by atoms with van der Waals surface area (Å²) in [4.78, 5) is 32.5. The van der Waals surface area contributed by atoms with Gasteiger partial charge in [-0.1, -0.05) is 0 Å². The molecule has 4 heterocycles. The molecule has 11 heteroatoms. The largest absolute Gasteiger partial charge is 0.373 e. The van der Waals surface area contributed by atoms with Crippen molar-refractivity contribution in [2.45, 2.75) is 37.8 Å². The highest BCUT2D eigenvalue weighted by atomic mass is 19.1. The van der Waals surface area contributed by atoms with Gasteiger partial charge in [-0.25, -0.2) is 9.37 Å². The highest BCUT2D eigenvalue weighted by Gasteiger charge is 2.26. The summed E-state index contributed by atoms with van der Waals surface area (Å²) in [7, 11) is 3.76. The average Bonchev–Trinajstić information content (AvgIpc) is 3.51. The quantitative estimate of drug-likeness (QED) is 0.523. The normalized spacial score (nSPS) is 17.3. The number of anilines is 3. The summed E-state index contributed by atoms with van der Waals surface area (Å²) in [5, 5.41) is 13.2. The Morgan fingerprint density at radius 3 is 2.64 bits per heavy atom. The van der Waals surface area contributed by atoms with Crippen LogP contribution in [0.25, 0.3) is 5.65 Å². The fourth-order valence-electron chi connectivity index (χ4n) is 4.20. The Balaban J connectivity index is 1.49. The molecule has 0 atom stereocenters. The summed E-state index contributed by atoms with van der Waals surface area (Å²) in [5.74, 6) is 0.139. The lowest BCUT2D eigenvalue weighted by atomic mass is 10.1. The number of rotatable bonds is 6. The zero-order chi connectivity index (χ0) is 23.1. The van der Waals surface area contributed by atoms with Gasteiger partial charge in [-0.3, -0.25) is 9.59 Å². The molecule has 3 aromatic heterocycles. The lowest BCUT2D eigenvalue weighted by Gasteiger charge is -2.30. The monoisotopic (exact) mass is 454 g/mol. The van der Waals surface area contributed by atoms with Crippen molar-refractivity contribution in [1.82, 2.24) is 29.4 Å². The minimum atomic E-state index is -0.500. The summed E-state index contributed by atoms with van der Waals surface area (Å²) in [6.07, 6.45) is 6.24. The lowest BCUT2D eigenvalue weighted by Crippen LogP contribution is -2.36. The fourth-order valence-corrected chi connectivity index (χ4v) is 4.20. The molecule has 0 aromatic carbocycles. The van der Waals surface area contributed by atoms with Gasteiger partial charge in [0.05, 0.1) is 6.20 Å². The van der Waals surface area contributed by atoms with Crippen molar-refractivity contribution >= 4 is 28.9 Å². The maximum atomic E-state index is 14.5. The van der Waals surface area contributed by atoms with Crippen LogP contribution in [-0.4, -0.2) is 63.2 Å². The van der Waals surface area contributed by atoms with Crippen LogP contribution in [0.5, 0.6) is 0 Å². The average molecular weight is 455 g/mol. The van der Waals surface area contributed by atoms with Crippen LogP contribution < -0.4 is 21.5 Å². The minimum absolute atomic E-state index is 0.0548. The van der Waals surface area contributed by atoms with Gasteiger partial charge in [-0.05, 0) is 45.8 Å². The molecule has 1 saturated carbocycles. The minimum Gasteiger partial charge on any atom is -0.373 e. The second kappa shape index (κ2) is 8.47. The summed E-state index contributed by atoms with van der Waals surface area (Å²) < 4.78 is 17.5. The van der Waals surface area contributed by atoms with Crippen molar-refractivity contribution in [2.24, 2.45) is 0 Å². The number of hydrogen-bond donors (Lipinski definition) is 3. The molecule has 0 radical (unpaired) electrons. The highest BCUT2D eigenvalue weighted by molar-refractivity contribution is 6.00. The van der Waals surface area contributed by atoms with E-state index in [0.717, 1.165) is 38.8 Å². The summed E-state index contributed by atoms with van der Waals surface area (Å²) >= 11 is 0. The van der Waals surface area contributed by atoms with E-state index in [2.05, 4.69) is 30.9 Å². The number of carbonyl (C=O) groups is 1. The molecular weight excluding hydrogens is 427 g/mol. The van der Waals surface area contributed by atoms with Crippen LogP contribution in [0.2, 0.25) is 0 Å². The first-order valence-corrected chi connectivity index (χ1v) is 11.2. The van der Waals surface area contributed by atoms with Crippen molar-refractivity contribution in [3.8, 4) is 0 Å². The number of halogens is 1. The molecule has 10 nitrogen and oxygen atoms in total. The number of hydrogen-bond acceptors (Lipinski definition) is 7. The third-order valence-electron chi connectivity index (χ3n) is 6.24. The molecule has 3 N–H and O–H groups in total. The Morgan fingerprint density at radius 1 is 1.18 bits per heavy atom. The van der Waals surface area contributed by atoms with E-state index in [9.17, 15) is 14.0 Å². The SMILES string of the molecule is CNc1cc(Nc2cc(F)cn(C3CCN(C)CC3)c2=O)nc2c(C(=O)NC3CC3)cnn12. The molecule has 2 fully saturated rings. The number of carbonyl (C=O) groups excluding carboxylic acids is 1. The number of fused-ring (bicyclic) bond motifs is 1. The first-order chi connectivity index (χ1) is 15.9. The van der Waals surface area contributed by atoms with Crippen LogP contribution in [0.3, 0.4) is 0 Å². The molecular formula is C22H27FN8O2. The molecule has 5 rings (SSSR count). The van der Waals surface area contributed by atoms with Gasteiger partial charge in [-0.15, -0.1) is 0 Å². The van der Waals surface area contributed by atoms with Gasteiger partial charge >= 0.3 is 0 Å². The number of pyridine rings is 1. The molecule has 1 amide bonds. The van der Waals surface area contributed by atoms with E-state index in [4.69, 9.17) is 0 Å². The van der Waals surface area contributed by atoms with E-state index >= 15 is 0 Å². The molecule has 1 aliphatic heterocycles. The molecule has 2 aliphatic rings. The van der Waals surface area contributed by atoms with E-state index < -0.39 is 5.82 Å². The number of nitrogens with one attached hydrogen (secondary N) is 3. The first-order valence-electron chi connectivity index (χ1n) is 11.2. The van der Waals surface area contributed by atoms with Crippen LogP contribution >= 0.6 is 0 Å². The summed E-state index contributed by atoms with van der Waals surface area (Å²) in [6.45, 7) is 1.71. The van der Waals surface area contributed by atoms with Gasteiger partial charge in [-0.2, -0.15) is 9.61 Å². The van der Waals surface area contributed by atoms with E-state index in [-0.39, 0.29) is 29.2 Å². The third-order valence-corrected chi connectivity index (χ3v) is 6.24.